The number of fused-ring (bicyclic) bond motifs is 1. The van der Waals surface area contributed by atoms with Gasteiger partial charge in [-0.15, -0.1) is 11.3 Å². The van der Waals surface area contributed by atoms with Gasteiger partial charge in [-0.1, -0.05) is 0 Å². The Morgan fingerprint density at radius 1 is 0.953 bits per heavy atom. The Kier molecular flexibility index (Phi) is 8.67. The van der Waals surface area contributed by atoms with E-state index in [0.717, 1.165) is 17.7 Å². The number of nitrogens with one attached hydrogen (secondary N) is 2. The van der Waals surface area contributed by atoms with Gasteiger partial charge in [-0.3, -0.25) is 9.36 Å². The minimum Gasteiger partial charge on any atom is -0.388 e. The highest BCUT2D eigenvalue weighted by molar-refractivity contribution is 8.06. The average molecular weight is 666 g/mol. The molecule has 10 N–H and O–H groups in total. The number of sulfonamides is 2. The van der Waals surface area contributed by atoms with Gasteiger partial charge in [-0.2, -0.15) is 0 Å². The maximum absolute atomic E-state index is 12.6. The van der Waals surface area contributed by atoms with Gasteiger partial charge >= 0.3 is 0 Å². The van der Waals surface area contributed by atoms with Crippen molar-refractivity contribution in [1.29, 1.82) is 0 Å². The molecule has 2 aliphatic rings. The minimum absolute atomic E-state index is 0.0687. The molecule has 0 saturated carbocycles. The number of hydrogen-bond acceptors (Lipinski definition) is 17. The molecule has 1 amide bonds. The number of anilines is 1. The number of primary amides is 1. The van der Waals surface area contributed by atoms with Gasteiger partial charge in [-0.25, -0.2) is 46.2 Å². The van der Waals surface area contributed by atoms with E-state index in [1.54, 1.807) is 0 Å². The standard InChI is InChI=1S/C20H27N9O11S3/c21-16-10-18(24-4-23-16)29(5-25-10)20-14(33)12(31)9(40-20)2-27-43(37,38)6-42(35,36)26-1-8-11(30)13(32)15(39-8)19-28-7(3-41-19)17(22)34/h3-5,8-9,11-15,20,26-27,30-33H,1-2,6H2,(H2,22,34)(H2,21,23,24)/t8-,9+,11-,12+,13-,14+,15-,20+/m1/s1. The number of carbonyl (C=O) groups excluding carboxylic acids is 1. The Morgan fingerprint density at radius 3 is 2.21 bits per heavy atom. The number of aromatic nitrogens is 5. The molecule has 236 valence electrons. The van der Waals surface area contributed by atoms with Crippen LogP contribution < -0.4 is 20.9 Å². The third-order valence-electron chi connectivity index (χ3n) is 6.70. The van der Waals surface area contributed by atoms with Gasteiger partial charge in [0.15, 0.2) is 22.8 Å². The van der Waals surface area contributed by atoms with Crippen LogP contribution in [0.25, 0.3) is 11.2 Å². The van der Waals surface area contributed by atoms with Crippen LogP contribution in [-0.2, 0) is 29.5 Å². The molecule has 0 radical (unpaired) electrons. The smallest absolute Gasteiger partial charge is 0.268 e. The molecule has 2 fully saturated rings. The SMILES string of the molecule is NC(=O)c1csc([C@@H]2O[C@H](CNS(=O)(=O)CS(=O)(=O)NC[C@@H]3O[C@H](n4cnc5c(N)ncnc54)[C@@H](O)[C@H]3O)[C@@H](O)[C@H]2O)n1. The number of nitrogen functional groups attached to an aromatic ring is 1. The van der Waals surface area contributed by atoms with E-state index in [9.17, 15) is 42.1 Å². The lowest BCUT2D eigenvalue weighted by molar-refractivity contribution is -0.0330. The summed E-state index contributed by atoms with van der Waals surface area (Å²) in [7, 11) is -9.08. The van der Waals surface area contributed by atoms with Gasteiger partial charge in [0.1, 0.15) is 65.3 Å². The van der Waals surface area contributed by atoms with Crippen molar-refractivity contribution in [2.75, 3.05) is 23.9 Å². The molecular weight excluding hydrogens is 638 g/mol. The predicted molar refractivity (Wildman–Crippen MR) is 145 cm³/mol. The van der Waals surface area contributed by atoms with E-state index in [-0.39, 0.29) is 27.7 Å². The highest BCUT2D eigenvalue weighted by Crippen LogP contribution is 2.35. The molecular formula is C20H27N9O11S3. The van der Waals surface area contributed by atoms with E-state index < -0.39 is 93.1 Å². The van der Waals surface area contributed by atoms with Gasteiger partial charge in [-0.05, 0) is 0 Å². The van der Waals surface area contributed by atoms with E-state index in [4.69, 9.17) is 20.9 Å². The molecule has 0 spiro atoms. The zero-order chi connectivity index (χ0) is 31.3. The Balaban J connectivity index is 1.16. The van der Waals surface area contributed by atoms with Crippen LogP contribution in [-0.4, -0.2) is 122 Å². The molecule has 23 heteroatoms. The van der Waals surface area contributed by atoms with Crippen LogP contribution in [0.4, 0.5) is 5.82 Å². The van der Waals surface area contributed by atoms with Crippen LogP contribution in [0, 0.1) is 0 Å². The summed E-state index contributed by atoms with van der Waals surface area (Å²) in [5.74, 6) is -0.744. The van der Waals surface area contributed by atoms with Gasteiger partial charge < -0.3 is 41.4 Å². The number of thiazole rings is 1. The van der Waals surface area contributed by atoms with Gasteiger partial charge in [0, 0.05) is 18.5 Å². The molecule has 3 aromatic rings. The quantitative estimate of drug-likeness (QED) is 0.0953. The summed E-state index contributed by atoms with van der Waals surface area (Å²) in [6.07, 6.45) is -8.76. The molecule has 2 saturated heterocycles. The number of imidazole rings is 1. The van der Waals surface area contributed by atoms with Crippen LogP contribution in [0.5, 0.6) is 0 Å². The summed E-state index contributed by atoms with van der Waals surface area (Å²) >= 11 is 0.938. The molecule has 5 heterocycles. The molecule has 20 nitrogen and oxygen atoms in total. The minimum atomic E-state index is -4.54. The van der Waals surface area contributed by atoms with E-state index in [1.807, 2.05) is 9.44 Å². The first-order valence-corrected chi connectivity index (χ1v) is 16.5. The predicted octanol–water partition coefficient (Wildman–Crippen LogP) is -4.76. The second kappa shape index (κ2) is 11.8. The second-order valence-corrected chi connectivity index (χ2v) is 14.6. The third-order valence-corrected chi connectivity index (χ3v) is 11.3. The Hall–Kier alpha value is -2.97. The Bertz CT molecular complexity index is 1720. The second-order valence-electron chi connectivity index (χ2n) is 9.69. The molecule has 0 aromatic carbocycles. The number of nitrogens with two attached hydrogens (primary N) is 2. The summed E-state index contributed by atoms with van der Waals surface area (Å²) in [5.41, 5.74) is 11.2. The van der Waals surface area contributed by atoms with E-state index >= 15 is 0 Å². The largest absolute Gasteiger partial charge is 0.388 e. The number of aliphatic hydroxyl groups is 4. The lowest BCUT2D eigenvalue weighted by Crippen LogP contribution is -2.44. The first-order valence-electron chi connectivity index (χ1n) is 12.3. The van der Waals surface area contributed by atoms with E-state index in [0.29, 0.717) is 0 Å². The van der Waals surface area contributed by atoms with E-state index in [1.165, 1.54) is 16.3 Å². The Labute approximate surface area is 246 Å². The van der Waals surface area contributed by atoms with Crippen molar-refractivity contribution >= 4 is 54.3 Å². The number of carbonyl (C=O) groups is 1. The van der Waals surface area contributed by atoms with Crippen molar-refractivity contribution in [1.82, 2.24) is 33.9 Å². The summed E-state index contributed by atoms with van der Waals surface area (Å²) in [6.45, 7) is -1.21. The fourth-order valence-corrected chi connectivity index (χ4v) is 8.56. The topological polar surface area (TPSA) is 317 Å². The van der Waals surface area contributed by atoms with Crippen LogP contribution >= 0.6 is 11.3 Å². The normalized spacial score (nSPS) is 29.9. The highest BCUT2D eigenvalue weighted by atomic mass is 32.3. The fourth-order valence-electron chi connectivity index (χ4n) is 4.54. The molecule has 5 rings (SSSR count). The number of hydrogen-bond donors (Lipinski definition) is 8. The summed E-state index contributed by atoms with van der Waals surface area (Å²) in [5, 5.41) is 41.6. The summed E-state index contributed by atoms with van der Waals surface area (Å²) < 4.78 is 66.7. The Morgan fingerprint density at radius 2 is 1.58 bits per heavy atom. The molecule has 2 aliphatic heterocycles. The van der Waals surface area contributed by atoms with Crippen molar-refractivity contribution in [3.63, 3.8) is 0 Å². The number of rotatable bonds is 11. The third kappa shape index (κ3) is 6.46. The van der Waals surface area contributed by atoms with Gasteiger partial charge in [0.2, 0.25) is 20.0 Å². The van der Waals surface area contributed by atoms with Crippen LogP contribution in [0.3, 0.4) is 0 Å². The van der Waals surface area contributed by atoms with Gasteiger partial charge in [0.25, 0.3) is 5.91 Å². The number of ether oxygens (including phenoxy) is 2. The van der Waals surface area contributed by atoms with E-state index in [2.05, 4.69) is 19.9 Å². The number of nitrogens with zero attached hydrogens (tertiary/aromatic N) is 5. The summed E-state index contributed by atoms with van der Waals surface area (Å²) in [6, 6.07) is 0. The molecule has 3 aromatic heterocycles. The van der Waals surface area contributed by atoms with Crippen molar-refractivity contribution < 1.29 is 51.5 Å². The zero-order valence-electron chi connectivity index (χ0n) is 21.7. The molecule has 0 aliphatic carbocycles. The van der Waals surface area contributed by atoms with Crippen molar-refractivity contribution in [3.05, 3.63) is 28.7 Å². The maximum atomic E-state index is 12.6. The number of aliphatic hydroxyl groups excluding tert-OH is 4. The summed E-state index contributed by atoms with van der Waals surface area (Å²) in [4.78, 5) is 27.1. The average Bonchev–Trinajstić information content (AvgIpc) is 3.70. The zero-order valence-corrected chi connectivity index (χ0v) is 24.2. The highest BCUT2D eigenvalue weighted by Gasteiger charge is 2.46. The van der Waals surface area contributed by atoms with Gasteiger partial charge in [0.05, 0.1) is 6.33 Å². The molecule has 0 unspecified atom stereocenters. The lowest BCUT2D eigenvalue weighted by atomic mass is 10.1. The van der Waals surface area contributed by atoms with Crippen LogP contribution in [0.1, 0.15) is 27.8 Å². The van der Waals surface area contributed by atoms with Crippen LogP contribution in [0.15, 0.2) is 18.0 Å². The van der Waals surface area contributed by atoms with Crippen LogP contribution in [0.2, 0.25) is 0 Å². The van der Waals surface area contributed by atoms with Crippen molar-refractivity contribution in [3.8, 4) is 0 Å². The first-order chi connectivity index (χ1) is 20.2. The number of amides is 1. The fraction of sp³-hybridized carbons (Fsp3) is 0.550. The first kappa shape index (κ1) is 31.5. The molecule has 8 atom stereocenters. The monoisotopic (exact) mass is 665 g/mol. The van der Waals surface area contributed by atoms with Crippen molar-refractivity contribution in [2.45, 2.75) is 49.0 Å². The maximum Gasteiger partial charge on any atom is 0.268 e. The molecule has 43 heavy (non-hydrogen) atoms. The molecule has 0 bridgehead atoms. The lowest BCUT2D eigenvalue weighted by Gasteiger charge is -2.17. The van der Waals surface area contributed by atoms with Crippen molar-refractivity contribution in [2.24, 2.45) is 5.73 Å².